The van der Waals surface area contributed by atoms with Gasteiger partial charge in [-0.25, -0.2) is 9.78 Å². The number of aromatic nitrogens is 2. The van der Waals surface area contributed by atoms with Crippen LogP contribution in [0.3, 0.4) is 0 Å². The Labute approximate surface area is 185 Å². The van der Waals surface area contributed by atoms with E-state index >= 15 is 0 Å². The molecule has 0 saturated heterocycles. The number of nitrogens with zero attached hydrogens (tertiary/aromatic N) is 2. The number of pyridine rings is 1. The lowest BCUT2D eigenvalue weighted by Gasteiger charge is -2.10. The molecule has 0 bridgehead atoms. The van der Waals surface area contributed by atoms with Crippen LogP contribution in [0.15, 0.2) is 66.9 Å². The summed E-state index contributed by atoms with van der Waals surface area (Å²) in [5, 5.41) is 12.6. The molecular formula is C23H16F3N3O4. The van der Waals surface area contributed by atoms with E-state index < -0.39 is 23.6 Å². The SMILES string of the molecule is Cn1c(C(=O)O)cc2cccc(Oc3ccc(NC(=O)c4ccc(C(F)(F)F)cc4)cn3)c21. The first kappa shape index (κ1) is 21.9. The van der Waals surface area contributed by atoms with Crippen LogP contribution in [0, 0.1) is 0 Å². The number of hydrogen-bond donors (Lipinski definition) is 2. The predicted octanol–water partition coefficient (Wildman–Crippen LogP) is 5.33. The van der Waals surface area contributed by atoms with Gasteiger partial charge in [0.05, 0.1) is 23.0 Å². The number of carboxylic acids is 1. The average molecular weight is 455 g/mol. The molecule has 2 heterocycles. The molecule has 0 spiro atoms. The van der Waals surface area contributed by atoms with Crippen molar-refractivity contribution in [3.63, 3.8) is 0 Å². The number of anilines is 1. The Balaban J connectivity index is 1.49. The van der Waals surface area contributed by atoms with Crippen LogP contribution in [0.5, 0.6) is 11.6 Å². The molecule has 4 aromatic rings. The molecule has 0 aliphatic heterocycles. The van der Waals surface area contributed by atoms with E-state index in [2.05, 4.69) is 10.3 Å². The van der Waals surface area contributed by atoms with Gasteiger partial charge in [0, 0.05) is 24.1 Å². The first-order chi connectivity index (χ1) is 15.6. The van der Waals surface area contributed by atoms with Crippen molar-refractivity contribution in [2.75, 3.05) is 5.32 Å². The van der Waals surface area contributed by atoms with Crippen LogP contribution in [0.25, 0.3) is 10.9 Å². The summed E-state index contributed by atoms with van der Waals surface area (Å²) in [7, 11) is 1.62. The third-order valence-corrected chi connectivity index (χ3v) is 4.92. The topological polar surface area (TPSA) is 93.5 Å². The molecular weight excluding hydrogens is 439 g/mol. The van der Waals surface area contributed by atoms with Crippen molar-refractivity contribution in [2.24, 2.45) is 7.05 Å². The Morgan fingerprint density at radius 3 is 2.39 bits per heavy atom. The van der Waals surface area contributed by atoms with Crippen LogP contribution in [0.2, 0.25) is 0 Å². The molecule has 168 valence electrons. The molecule has 0 saturated carbocycles. The first-order valence-electron chi connectivity index (χ1n) is 9.58. The van der Waals surface area contributed by atoms with Gasteiger partial charge in [-0.05, 0) is 42.5 Å². The van der Waals surface area contributed by atoms with Crippen molar-refractivity contribution in [1.29, 1.82) is 0 Å². The summed E-state index contributed by atoms with van der Waals surface area (Å²) in [4.78, 5) is 27.8. The molecule has 33 heavy (non-hydrogen) atoms. The van der Waals surface area contributed by atoms with E-state index in [4.69, 9.17) is 4.74 Å². The van der Waals surface area contributed by atoms with Crippen molar-refractivity contribution >= 4 is 28.5 Å². The number of nitrogens with one attached hydrogen (secondary N) is 1. The van der Waals surface area contributed by atoms with Crippen LogP contribution in [0.4, 0.5) is 18.9 Å². The minimum atomic E-state index is -4.48. The highest BCUT2D eigenvalue weighted by Crippen LogP contribution is 2.32. The third-order valence-electron chi connectivity index (χ3n) is 4.92. The predicted molar refractivity (Wildman–Crippen MR) is 114 cm³/mol. The molecule has 0 aliphatic carbocycles. The molecule has 2 aromatic carbocycles. The summed E-state index contributed by atoms with van der Waals surface area (Å²) in [5.74, 6) is -1.05. The number of alkyl halides is 3. The number of fused-ring (bicyclic) bond motifs is 1. The van der Waals surface area contributed by atoms with Crippen molar-refractivity contribution in [3.8, 4) is 11.6 Å². The van der Waals surface area contributed by atoms with E-state index in [1.54, 1.807) is 25.2 Å². The van der Waals surface area contributed by atoms with Gasteiger partial charge in [0.15, 0.2) is 5.75 Å². The van der Waals surface area contributed by atoms with Crippen LogP contribution >= 0.6 is 0 Å². The summed E-state index contributed by atoms with van der Waals surface area (Å²) in [6.45, 7) is 0. The molecule has 1 amide bonds. The van der Waals surface area contributed by atoms with Gasteiger partial charge in [0.25, 0.3) is 5.91 Å². The monoisotopic (exact) mass is 455 g/mol. The lowest BCUT2D eigenvalue weighted by molar-refractivity contribution is -0.137. The molecule has 10 heteroatoms. The molecule has 0 unspecified atom stereocenters. The number of ether oxygens (including phenoxy) is 1. The Kier molecular flexibility index (Phi) is 5.50. The van der Waals surface area contributed by atoms with E-state index in [0.29, 0.717) is 22.3 Å². The second kappa shape index (κ2) is 8.30. The van der Waals surface area contributed by atoms with E-state index in [1.807, 2.05) is 0 Å². The highest BCUT2D eigenvalue weighted by Gasteiger charge is 2.30. The zero-order chi connectivity index (χ0) is 23.8. The number of carbonyl (C=O) groups is 2. The molecule has 4 rings (SSSR count). The fourth-order valence-electron chi connectivity index (χ4n) is 3.31. The molecule has 2 N–H and O–H groups in total. The molecule has 0 atom stereocenters. The largest absolute Gasteiger partial charge is 0.477 e. The van der Waals surface area contributed by atoms with Gasteiger partial charge < -0.3 is 19.7 Å². The van der Waals surface area contributed by atoms with Crippen LogP contribution in [-0.4, -0.2) is 26.5 Å². The number of carboxylic acid groups (broad SMARTS) is 1. The fraction of sp³-hybridized carbons (Fsp3) is 0.0870. The summed E-state index contributed by atoms with van der Waals surface area (Å²) in [5.41, 5.74) is 0.225. The number of carbonyl (C=O) groups excluding carboxylic acids is 1. The first-order valence-corrected chi connectivity index (χ1v) is 9.58. The van der Waals surface area contributed by atoms with Gasteiger partial charge in [0.2, 0.25) is 5.88 Å². The highest BCUT2D eigenvalue weighted by molar-refractivity contribution is 6.04. The normalized spacial score (nSPS) is 11.4. The number of hydrogen-bond acceptors (Lipinski definition) is 4. The van der Waals surface area contributed by atoms with Crippen molar-refractivity contribution in [1.82, 2.24) is 9.55 Å². The van der Waals surface area contributed by atoms with Gasteiger partial charge >= 0.3 is 12.1 Å². The van der Waals surface area contributed by atoms with Crippen LogP contribution in [-0.2, 0) is 13.2 Å². The number of aryl methyl sites for hydroxylation is 1. The Hall–Kier alpha value is -4.34. The van der Waals surface area contributed by atoms with Crippen molar-refractivity contribution in [2.45, 2.75) is 6.18 Å². The maximum Gasteiger partial charge on any atom is 0.416 e. The number of halogens is 3. The fourth-order valence-corrected chi connectivity index (χ4v) is 3.31. The summed E-state index contributed by atoms with van der Waals surface area (Å²) in [6.07, 6.45) is -3.14. The summed E-state index contributed by atoms with van der Waals surface area (Å²) >= 11 is 0. The average Bonchev–Trinajstić information content (AvgIpc) is 3.12. The number of aromatic carboxylic acids is 1. The Morgan fingerprint density at radius 1 is 1.06 bits per heavy atom. The van der Waals surface area contributed by atoms with E-state index in [0.717, 1.165) is 24.3 Å². The zero-order valence-electron chi connectivity index (χ0n) is 17.1. The Bertz CT molecular complexity index is 1340. The molecule has 7 nitrogen and oxygen atoms in total. The maximum absolute atomic E-state index is 12.7. The molecule has 0 aliphatic rings. The number of amides is 1. The van der Waals surface area contributed by atoms with Gasteiger partial charge in [-0.1, -0.05) is 12.1 Å². The number of benzene rings is 2. The summed E-state index contributed by atoms with van der Waals surface area (Å²) in [6, 6.07) is 13.6. The van der Waals surface area contributed by atoms with E-state index in [-0.39, 0.29) is 17.1 Å². The van der Waals surface area contributed by atoms with Gasteiger partial charge in [-0.2, -0.15) is 13.2 Å². The smallest absolute Gasteiger partial charge is 0.416 e. The minimum absolute atomic E-state index is 0.0629. The van der Waals surface area contributed by atoms with Gasteiger partial charge in [-0.15, -0.1) is 0 Å². The second-order valence-electron chi connectivity index (χ2n) is 7.10. The van der Waals surface area contributed by atoms with Gasteiger partial charge in [-0.3, -0.25) is 4.79 Å². The standard InChI is InChI=1S/C23H16F3N3O4/c1-29-17(22(31)32)11-14-3-2-4-18(20(14)29)33-19-10-9-16(12-27-19)28-21(30)13-5-7-15(8-6-13)23(24,25)26/h2-12H,1H3,(H,28,30)(H,31,32). The van der Waals surface area contributed by atoms with E-state index in [9.17, 15) is 27.9 Å². The van der Waals surface area contributed by atoms with Crippen molar-refractivity contribution < 1.29 is 32.6 Å². The molecule has 2 aromatic heterocycles. The van der Waals surface area contributed by atoms with E-state index in [1.165, 1.54) is 29.0 Å². The number of rotatable bonds is 5. The van der Waals surface area contributed by atoms with Gasteiger partial charge in [0.1, 0.15) is 5.69 Å². The van der Waals surface area contributed by atoms with Crippen molar-refractivity contribution in [3.05, 3.63) is 83.7 Å². The second-order valence-corrected chi connectivity index (χ2v) is 7.10. The zero-order valence-corrected chi connectivity index (χ0v) is 17.1. The Morgan fingerprint density at radius 2 is 1.79 bits per heavy atom. The van der Waals surface area contributed by atoms with Crippen LogP contribution in [0.1, 0.15) is 26.4 Å². The minimum Gasteiger partial charge on any atom is -0.477 e. The maximum atomic E-state index is 12.7. The molecule has 0 fully saturated rings. The summed E-state index contributed by atoms with van der Waals surface area (Å²) < 4.78 is 45.3. The quantitative estimate of drug-likeness (QED) is 0.424. The van der Waals surface area contributed by atoms with Crippen LogP contribution < -0.4 is 10.1 Å². The number of para-hydroxylation sites is 1. The lowest BCUT2D eigenvalue weighted by atomic mass is 10.1. The lowest BCUT2D eigenvalue weighted by Crippen LogP contribution is -2.13. The third kappa shape index (κ3) is 4.49. The molecule has 0 radical (unpaired) electrons. The highest BCUT2D eigenvalue weighted by atomic mass is 19.4.